The van der Waals surface area contributed by atoms with Crippen LogP contribution < -0.4 is 15.6 Å². The molecule has 8 heteroatoms. The van der Waals surface area contributed by atoms with Gasteiger partial charge in [0.25, 0.3) is 5.91 Å². The summed E-state index contributed by atoms with van der Waals surface area (Å²) in [5.41, 5.74) is 6.54. The molecule has 3 rings (SSSR count). The number of benzene rings is 2. The molecule has 8 nitrogen and oxygen atoms in total. The highest BCUT2D eigenvalue weighted by Gasteiger charge is 2.49. The number of hydrogen-bond acceptors (Lipinski definition) is 7. The molecule has 0 fully saturated rings. The average molecular weight is 510 g/mol. The monoisotopic (exact) mass is 509 g/mol. The third-order valence-electron chi connectivity index (χ3n) is 5.97. The standard InChI is InChI=1S/C29H39N3O5/c1-22(2)35-20-8-18-30-32-28(34)29(17-7-12-24-10-5-4-6-11-24)23(3)37-27(31-29)25-13-15-26(16-14-25)36-21-9-19-33/h4-7,10-16,22-23,30,33H,8-9,17-21H2,1-3H3,(H,32,34)/b12-7+/t23-,29-/m0/s1. The van der Waals surface area contributed by atoms with Crippen LogP contribution in [0.1, 0.15) is 51.2 Å². The Bertz CT molecular complexity index is 1020. The van der Waals surface area contributed by atoms with Crippen molar-refractivity contribution in [2.45, 2.75) is 57.8 Å². The number of hydrazine groups is 1. The van der Waals surface area contributed by atoms with Crippen LogP contribution in [-0.2, 0) is 14.3 Å². The Hall–Kier alpha value is -3.20. The lowest BCUT2D eigenvalue weighted by molar-refractivity contribution is -0.129. The molecule has 0 saturated carbocycles. The Kier molecular flexibility index (Phi) is 11.1. The third-order valence-corrected chi connectivity index (χ3v) is 5.97. The average Bonchev–Trinajstić information content (AvgIpc) is 3.24. The van der Waals surface area contributed by atoms with Gasteiger partial charge in [-0.1, -0.05) is 42.5 Å². The summed E-state index contributed by atoms with van der Waals surface area (Å²) in [5.74, 6) is 0.869. The summed E-state index contributed by atoms with van der Waals surface area (Å²) in [6, 6.07) is 17.3. The zero-order valence-corrected chi connectivity index (χ0v) is 22.0. The van der Waals surface area contributed by atoms with Gasteiger partial charge in [-0.15, -0.1) is 0 Å². The van der Waals surface area contributed by atoms with E-state index in [1.54, 1.807) is 0 Å². The van der Waals surface area contributed by atoms with Crippen LogP contribution in [0.4, 0.5) is 0 Å². The molecule has 1 aliphatic rings. The highest BCUT2D eigenvalue weighted by atomic mass is 16.5. The Balaban J connectivity index is 1.73. The van der Waals surface area contributed by atoms with E-state index in [2.05, 4.69) is 10.9 Å². The predicted octanol–water partition coefficient (Wildman–Crippen LogP) is 3.89. The smallest absolute Gasteiger partial charge is 0.266 e. The molecule has 0 unspecified atom stereocenters. The molecule has 0 saturated heterocycles. The van der Waals surface area contributed by atoms with E-state index in [4.69, 9.17) is 24.3 Å². The van der Waals surface area contributed by atoms with Crippen LogP contribution >= 0.6 is 0 Å². The largest absolute Gasteiger partial charge is 0.494 e. The van der Waals surface area contributed by atoms with Gasteiger partial charge in [0.2, 0.25) is 5.90 Å². The van der Waals surface area contributed by atoms with Crippen molar-refractivity contribution in [2.24, 2.45) is 4.99 Å². The fraction of sp³-hybridized carbons (Fsp3) is 0.448. The Labute approximate surface area is 219 Å². The number of amides is 1. The van der Waals surface area contributed by atoms with Crippen LogP contribution in [0, 0.1) is 0 Å². The summed E-state index contributed by atoms with van der Waals surface area (Å²) in [4.78, 5) is 18.3. The van der Waals surface area contributed by atoms with Gasteiger partial charge in [-0.05, 0) is 57.0 Å². The SMILES string of the molecule is CC(C)OCCCNNC(=O)[C@@]1(C/C=C/c2ccccc2)N=C(c2ccc(OCCCO)cc2)O[C@H]1C. The number of carbonyl (C=O) groups is 1. The van der Waals surface area contributed by atoms with Gasteiger partial charge in [-0.2, -0.15) is 0 Å². The highest BCUT2D eigenvalue weighted by Crippen LogP contribution is 2.33. The number of nitrogens with one attached hydrogen (secondary N) is 2. The van der Waals surface area contributed by atoms with E-state index in [0.717, 1.165) is 17.5 Å². The molecule has 2 atom stereocenters. The lowest BCUT2D eigenvalue weighted by Gasteiger charge is -2.27. The Morgan fingerprint density at radius 1 is 1.14 bits per heavy atom. The van der Waals surface area contributed by atoms with Crippen molar-refractivity contribution in [3.8, 4) is 5.75 Å². The third kappa shape index (κ3) is 8.42. The maximum Gasteiger partial charge on any atom is 0.266 e. The molecule has 3 N–H and O–H groups in total. The molecular weight excluding hydrogens is 470 g/mol. The van der Waals surface area contributed by atoms with Crippen LogP contribution in [0.15, 0.2) is 65.7 Å². The summed E-state index contributed by atoms with van der Waals surface area (Å²) >= 11 is 0. The number of ether oxygens (including phenoxy) is 3. The fourth-order valence-electron chi connectivity index (χ4n) is 3.85. The molecule has 37 heavy (non-hydrogen) atoms. The molecule has 2 aromatic rings. The predicted molar refractivity (Wildman–Crippen MR) is 145 cm³/mol. The molecule has 1 heterocycles. The fourth-order valence-corrected chi connectivity index (χ4v) is 3.85. The Morgan fingerprint density at radius 2 is 1.89 bits per heavy atom. The van der Waals surface area contributed by atoms with Crippen molar-refractivity contribution in [1.82, 2.24) is 10.9 Å². The van der Waals surface area contributed by atoms with Crippen molar-refractivity contribution in [2.75, 3.05) is 26.4 Å². The van der Waals surface area contributed by atoms with Gasteiger partial charge in [-0.3, -0.25) is 10.2 Å². The second-order valence-electron chi connectivity index (χ2n) is 9.22. The van der Waals surface area contributed by atoms with Gasteiger partial charge < -0.3 is 19.3 Å². The van der Waals surface area contributed by atoms with E-state index in [9.17, 15) is 4.79 Å². The number of aliphatic hydroxyl groups excluding tert-OH is 1. The van der Waals surface area contributed by atoms with Crippen molar-refractivity contribution < 1.29 is 24.1 Å². The molecule has 0 bridgehead atoms. The zero-order valence-electron chi connectivity index (χ0n) is 22.0. The van der Waals surface area contributed by atoms with Crippen LogP contribution in [0.25, 0.3) is 6.08 Å². The summed E-state index contributed by atoms with van der Waals surface area (Å²) in [5, 5.41) is 8.93. The number of carbonyl (C=O) groups excluding carboxylic acids is 1. The molecule has 2 aromatic carbocycles. The first-order valence-electron chi connectivity index (χ1n) is 12.9. The van der Waals surface area contributed by atoms with Crippen molar-refractivity contribution in [1.29, 1.82) is 0 Å². The number of nitrogens with zero attached hydrogens (tertiary/aromatic N) is 1. The minimum atomic E-state index is -1.13. The first kappa shape index (κ1) is 28.4. The van der Waals surface area contributed by atoms with Crippen molar-refractivity contribution in [3.05, 3.63) is 71.8 Å². The second kappa shape index (κ2) is 14.5. The minimum absolute atomic E-state index is 0.0874. The van der Waals surface area contributed by atoms with E-state index in [1.807, 2.05) is 87.5 Å². The van der Waals surface area contributed by atoms with Crippen LogP contribution in [0.5, 0.6) is 5.75 Å². The van der Waals surface area contributed by atoms with E-state index in [1.165, 1.54) is 0 Å². The summed E-state index contributed by atoms with van der Waals surface area (Å²) in [7, 11) is 0. The molecule has 1 aliphatic heterocycles. The lowest BCUT2D eigenvalue weighted by atomic mass is 9.89. The minimum Gasteiger partial charge on any atom is -0.494 e. The molecule has 200 valence electrons. The molecule has 0 radical (unpaired) electrons. The molecule has 1 amide bonds. The maximum absolute atomic E-state index is 13.5. The summed E-state index contributed by atoms with van der Waals surface area (Å²) < 4.78 is 17.3. The van der Waals surface area contributed by atoms with Crippen LogP contribution in [0.2, 0.25) is 0 Å². The first-order valence-corrected chi connectivity index (χ1v) is 12.9. The summed E-state index contributed by atoms with van der Waals surface area (Å²) in [6.07, 6.45) is 5.38. The van der Waals surface area contributed by atoms with E-state index < -0.39 is 11.6 Å². The normalized spacial score (nSPS) is 19.2. The quantitative estimate of drug-likeness (QED) is 0.249. The van der Waals surface area contributed by atoms with Gasteiger partial charge in [0.15, 0.2) is 5.54 Å². The number of rotatable bonds is 15. The van der Waals surface area contributed by atoms with Gasteiger partial charge in [0.05, 0.1) is 12.7 Å². The van der Waals surface area contributed by atoms with Gasteiger partial charge in [-0.25, -0.2) is 10.4 Å². The molecule has 0 spiro atoms. The summed E-state index contributed by atoms with van der Waals surface area (Å²) in [6.45, 7) is 7.59. The van der Waals surface area contributed by atoms with Crippen molar-refractivity contribution in [3.63, 3.8) is 0 Å². The lowest BCUT2D eigenvalue weighted by Crippen LogP contribution is -2.54. The zero-order chi connectivity index (χ0) is 26.5. The highest BCUT2D eigenvalue weighted by molar-refractivity contribution is 6.00. The number of aliphatic hydroxyl groups is 1. The van der Waals surface area contributed by atoms with E-state index in [-0.39, 0.29) is 18.6 Å². The topological polar surface area (TPSA) is 101 Å². The van der Waals surface area contributed by atoms with E-state index >= 15 is 0 Å². The van der Waals surface area contributed by atoms with Crippen LogP contribution in [-0.4, -0.2) is 61.0 Å². The number of aliphatic imine (C=N–C) groups is 1. The molecular formula is C29H39N3O5. The van der Waals surface area contributed by atoms with Crippen molar-refractivity contribution >= 4 is 17.9 Å². The van der Waals surface area contributed by atoms with E-state index in [0.29, 0.717) is 44.2 Å². The Morgan fingerprint density at radius 3 is 2.59 bits per heavy atom. The molecule has 0 aromatic heterocycles. The van der Waals surface area contributed by atoms with Gasteiger partial charge in [0.1, 0.15) is 11.9 Å². The van der Waals surface area contributed by atoms with Gasteiger partial charge >= 0.3 is 0 Å². The molecule has 0 aliphatic carbocycles. The number of hydrogen-bond donors (Lipinski definition) is 3. The van der Waals surface area contributed by atoms with Gasteiger partial charge in [0, 0.05) is 38.2 Å². The van der Waals surface area contributed by atoms with Crippen LogP contribution in [0.3, 0.4) is 0 Å². The maximum atomic E-state index is 13.5. The first-order chi connectivity index (χ1) is 17.9. The second-order valence-corrected chi connectivity index (χ2v) is 9.22.